The number of carbonyl (C=O) groups excluding carboxylic acids is 1. The molecule has 1 aromatic heterocycles. The molecular weight excluding hydrogens is 627 g/mol. The highest BCUT2D eigenvalue weighted by molar-refractivity contribution is 6.03. The minimum atomic E-state index is -4.48. The molecule has 6 rings (SSSR count). The summed E-state index contributed by atoms with van der Waals surface area (Å²) in [7, 11) is 2.07. The van der Waals surface area contributed by atoms with Gasteiger partial charge in [-0.25, -0.2) is 4.68 Å². The number of rotatable bonds is 8. The average molecular weight is 668 g/mol. The first-order valence-corrected chi connectivity index (χ1v) is 16.4. The number of anilines is 1. The summed E-state index contributed by atoms with van der Waals surface area (Å²) < 4.78 is 49.1. The van der Waals surface area contributed by atoms with Gasteiger partial charge >= 0.3 is 6.18 Å². The summed E-state index contributed by atoms with van der Waals surface area (Å²) in [5.41, 5.74) is 4.71. The van der Waals surface area contributed by atoms with E-state index in [-0.39, 0.29) is 17.2 Å². The largest absolute Gasteiger partial charge is 0.490 e. The molecule has 0 radical (unpaired) electrons. The molecule has 4 aromatic carbocycles. The van der Waals surface area contributed by atoms with E-state index in [2.05, 4.69) is 72.6 Å². The number of ether oxygens (including phenoxy) is 1. The molecule has 10 heteroatoms. The number of nitrogens with one attached hydrogen (secondary N) is 1. The van der Waals surface area contributed by atoms with Gasteiger partial charge in [0.15, 0.2) is 5.69 Å². The molecule has 0 bridgehead atoms. The van der Waals surface area contributed by atoms with Crippen LogP contribution < -0.4 is 10.1 Å². The number of likely N-dealkylation sites (tertiary alicyclic amines) is 1. The van der Waals surface area contributed by atoms with Gasteiger partial charge in [0.25, 0.3) is 5.91 Å². The molecule has 5 aromatic rings. The van der Waals surface area contributed by atoms with Gasteiger partial charge < -0.3 is 15.0 Å². The maximum atomic E-state index is 13.7. The van der Waals surface area contributed by atoms with Crippen molar-refractivity contribution in [3.63, 3.8) is 0 Å². The Balaban J connectivity index is 1.23. The van der Waals surface area contributed by atoms with Crippen molar-refractivity contribution in [3.05, 3.63) is 120 Å². The monoisotopic (exact) mass is 667 g/mol. The molecule has 1 aliphatic heterocycles. The molecule has 7 nitrogen and oxygen atoms in total. The van der Waals surface area contributed by atoms with E-state index in [1.807, 2.05) is 24.3 Å². The van der Waals surface area contributed by atoms with Gasteiger partial charge in [0.1, 0.15) is 11.9 Å². The summed E-state index contributed by atoms with van der Waals surface area (Å²) >= 11 is 0. The lowest BCUT2D eigenvalue weighted by Crippen LogP contribution is -2.35. The van der Waals surface area contributed by atoms with E-state index in [9.17, 15) is 18.0 Å². The van der Waals surface area contributed by atoms with Crippen LogP contribution >= 0.6 is 0 Å². The Morgan fingerprint density at radius 3 is 2.24 bits per heavy atom. The highest BCUT2D eigenvalue weighted by Gasteiger charge is 2.31. The first-order chi connectivity index (χ1) is 23.3. The van der Waals surface area contributed by atoms with Crippen LogP contribution in [0.25, 0.3) is 22.3 Å². The quantitative estimate of drug-likeness (QED) is 0.179. The second-order valence-corrected chi connectivity index (χ2v) is 13.7. The van der Waals surface area contributed by atoms with Gasteiger partial charge in [0.2, 0.25) is 0 Å². The summed E-state index contributed by atoms with van der Waals surface area (Å²) in [5.74, 6) is 0.176. The van der Waals surface area contributed by atoms with Gasteiger partial charge in [0, 0.05) is 18.8 Å². The van der Waals surface area contributed by atoms with E-state index >= 15 is 0 Å². The van der Waals surface area contributed by atoms with Crippen molar-refractivity contribution >= 4 is 11.6 Å². The number of carbonyl (C=O) groups is 1. The number of halogens is 3. The van der Waals surface area contributed by atoms with Gasteiger partial charge in [-0.3, -0.25) is 4.79 Å². The predicted octanol–water partition coefficient (Wildman–Crippen LogP) is 8.70. The van der Waals surface area contributed by atoms with Crippen molar-refractivity contribution < 1.29 is 22.7 Å². The van der Waals surface area contributed by atoms with Crippen LogP contribution in [0.5, 0.6) is 5.75 Å². The maximum absolute atomic E-state index is 13.7. The molecule has 0 unspecified atom stereocenters. The SMILES string of the molecule is CN1CCC(Oc2ccc(-c3cccc(NC(=O)c4cn(Cc5ccc(C(C)(C)C)cc5)nn4)c3)c(-c3cccc(C(F)(F)F)c3)c2)CC1. The fourth-order valence-electron chi connectivity index (χ4n) is 5.98. The van der Waals surface area contributed by atoms with Crippen LogP contribution in [0.1, 0.15) is 60.8 Å². The topological polar surface area (TPSA) is 72.3 Å². The summed E-state index contributed by atoms with van der Waals surface area (Å²) in [6.45, 7) is 8.80. The summed E-state index contributed by atoms with van der Waals surface area (Å²) in [6.07, 6.45) is -1.11. The molecule has 1 aliphatic rings. The third-order valence-corrected chi connectivity index (χ3v) is 8.83. The Bertz CT molecular complexity index is 1920. The molecule has 0 aliphatic carbocycles. The lowest BCUT2D eigenvalue weighted by molar-refractivity contribution is -0.137. The van der Waals surface area contributed by atoms with Gasteiger partial charge in [-0.05, 0) is 95.1 Å². The Morgan fingerprint density at radius 2 is 1.55 bits per heavy atom. The van der Waals surface area contributed by atoms with Gasteiger partial charge in [0.05, 0.1) is 18.3 Å². The van der Waals surface area contributed by atoms with Gasteiger partial charge in [-0.2, -0.15) is 13.2 Å². The number of piperidine rings is 1. The number of benzene rings is 4. The molecule has 0 atom stereocenters. The summed E-state index contributed by atoms with van der Waals surface area (Å²) in [6, 6.07) is 26.3. The van der Waals surface area contributed by atoms with E-state index < -0.39 is 17.6 Å². The summed E-state index contributed by atoms with van der Waals surface area (Å²) in [4.78, 5) is 15.5. The molecule has 1 fully saturated rings. The molecule has 1 N–H and O–H groups in total. The van der Waals surface area contributed by atoms with Crippen molar-refractivity contribution in [2.24, 2.45) is 0 Å². The Kier molecular flexibility index (Phi) is 9.61. The molecule has 1 saturated heterocycles. The minimum Gasteiger partial charge on any atom is -0.490 e. The predicted molar refractivity (Wildman–Crippen MR) is 186 cm³/mol. The van der Waals surface area contributed by atoms with E-state index in [1.54, 1.807) is 35.1 Å². The molecule has 2 heterocycles. The molecule has 0 saturated carbocycles. The van der Waals surface area contributed by atoms with Crippen LogP contribution in [0.4, 0.5) is 18.9 Å². The zero-order chi connectivity index (χ0) is 34.8. The zero-order valence-corrected chi connectivity index (χ0v) is 28.1. The van der Waals surface area contributed by atoms with E-state index in [1.165, 1.54) is 11.6 Å². The van der Waals surface area contributed by atoms with E-state index in [0.717, 1.165) is 49.2 Å². The average Bonchev–Trinajstić information content (AvgIpc) is 3.54. The second-order valence-electron chi connectivity index (χ2n) is 13.7. The molecular formula is C39H40F3N5O2. The number of amides is 1. The molecule has 1 amide bonds. The first kappa shape index (κ1) is 33.9. The smallest absolute Gasteiger partial charge is 0.416 e. The number of hydrogen-bond acceptors (Lipinski definition) is 5. The second kappa shape index (κ2) is 13.9. The third kappa shape index (κ3) is 8.37. The van der Waals surface area contributed by atoms with Crippen LogP contribution in [0.15, 0.2) is 97.2 Å². The first-order valence-electron chi connectivity index (χ1n) is 16.4. The highest BCUT2D eigenvalue weighted by Crippen LogP contribution is 2.39. The van der Waals surface area contributed by atoms with Crippen LogP contribution in [-0.2, 0) is 18.1 Å². The van der Waals surface area contributed by atoms with Gasteiger partial charge in [-0.1, -0.05) is 80.6 Å². The third-order valence-electron chi connectivity index (χ3n) is 8.83. The molecule has 254 valence electrons. The zero-order valence-electron chi connectivity index (χ0n) is 28.1. The Hall–Kier alpha value is -4.96. The van der Waals surface area contributed by atoms with Crippen molar-refractivity contribution in [1.29, 1.82) is 0 Å². The van der Waals surface area contributed by atoms with Crippen LogP contribution in [0, 0.1) is 0 Å². The lowest BCUT2D eigenvalue weighted by Gasteiger charge is -2.29. The minimum absolute atomic E-state index is 0.0296. The maximum Gasteiger partial charge on any atom is 0.416 e. The van der Waals surface area contributed by atoms with E-state index in [4.69, 9.17) is 4.74 Å². The van der Waals surface area contributed by atoms with Crippen molar-refractivity contribution in [1.82, 2.24) is 19.9 Å². The Morgan fingerprint density at radius 1 is 0.857 bits per heavy atom. The highest BCUT2D eigenvalue weighted by atomic mass is 19.4. The number of alkyl halides is 3. The van der Waals surface area contributed by atoms with Crippen molar-refractivity contribution in [2.75, 3.05) is 25.5 Å². The fraction of sp³-hybridized carbons (Fsp3) is 0.308. The number of hydrogen-bond donors (Lipinski definition) is 1. The summed E-state index contributed by atoms with van der Waals surface area (Å²) in [5, 5.41) is 11.1. The van der Waals surface area contributed by atoms with Crippen molar-refractivity contribution in [2.45, 2.75) is 57.9 Å². The fourth-order valence-corrected chi connectivity index (χ4v) is 5.98. The Labute approximate surface area is 284 Å². The van der Waals surface area contributed by atoms with Gasteiger partial charge in [-0.15, -0.1) is 5.10 Å². The van der Waals surface area contributed by atoms with Crippen LogP contribution in [-0.4, -0.2) is 52.0 Å². The molecule has 49 heavy (non-hydrogen) atoms. The number of nitrogens with zero attached hydrogens (tertiary/aromatic N) is 4. The van der Waals surface area contributed by atoms with Crippen LogP contribution in [0.3, 0.4) is 0 Å². The normalized spacial score (nSPS) is 14.5. The van der Waals surface area contributed by atoms with E-state index in [0.29, 0.717) is 34.7 Å². The number of aromatic nitrogens is 3. The lowest BCUT2D eigenvalue weighted by atomic mass is 9.87. The van der Waals surface area contributed by atoms with Crippen LogP contribution in [0.2, 0.25) is 0 Å². The molecule has 0 spiro atoms. The van der Waals surface area contributed by atoms with Crippen molar-refractivity contribution in [3.8, 4) is 28.0 Å². The standard InChI is InChI=1S/C39H40F3N5O2/c1-38(2,3)29-13-11-26(12-14-29)24-47-25-36(44-45-47)37(48)43-31-10-6-8-28(22-31)34-16-15-33(49-32-17-19-46(4)20-18-32)23-35(34)27-7-5-9-30(21-27)39(40,41)42/h5-16,21-23,25,32H,17-20,24H2,1-4H3,(H,43,48).